The molecule has 3 nitrogen and oxygen atoms in total. The molecule has 0 aromatic heterocycles. The Morgan fingerprint density at radius 2 is 1.96 bits per heavy atom. The number of nitrogens with one attached hydrogen (secondary N) is 1. The predicted molar refractivity (Wildman–Crippen MR) is 92.1 cm³/mol. The van der Waals surface area contributed by atoms with Crippen LogP contribution in [0.3, 0.4) is 0 Å². The molecule has 1 aliphatic rings. The van der Waals surface area contributed by atoms with Gasteiger partial charge in [0, 0.05) is 18.4 Å². The smallest absolute Gasteiger partial charge is 0.163 e. The number of Topliss-reactive ketones (excluding diaryl/α,β-unsaturated/α-hetero) is 1. The highest BCUT2D eigenvalue weighted by Gasteiger charge is 2.19. The molecule has 1 N–H and O–H groups in total. The molecular weight excluding hydrogens is 286 g/mol. The normalized spacial score (nSPS) is 15.1. The third-order valence-corrected chi connectivity index (χ3v) is 4.33. The van der Waals surface area contributed by atoms with Crippen molar-refractivity contribution >= 4 is 5.78 Å². The molecule has 2 aromatic carbocycles. The van der Waals surface area contributed by atoms with Crippen molar-refractivity contribution in [2.24, 2.45) is 0 Å². The van der Waals surface area contributed by atoms with E-state index in [0.29, 0.717) is 6.42 Å². The van der Waals surface area contributed by atoms with E-state index < -0.39 is 0 Å². The SMILES string of the molecule is CNCCC(Oc1ccc2c(c1)CCCC2=O)c1ccccc1. The number of benzene rings is 2. The molecular formula is C20H23NO2. The van der Waals surface area contributed by atoms with Crippen LogP contribution >= 0.6 is 0 Å². The fourth-order valence-corrected chi connectivity index (χ4v) is 3.10. The van der Waals surface area contributed by atoms with Crippen molar-refractivity contribution in [3.63, 3.8) is 0 Å². The number of ketones is 1. The van der Waals surface area contributed by atoms with E-state index in [0.717, 1.165) is 42.7 Å². The van der Waals surface area contributed by atoms with E-state index in [1.807, 2.05) is 43.4 Å². The van der Waals surface area contributed by atoms with Gasteiger partial charge in [0.25, 0.3) is 0 Å². The lowest BCUT2D eigenvalue weighted by atomic mass is 9.90. The number of carbonyl (C=O) groups is 1. The van der Waals surface area contributed by atoms with Gasteiger partial charge in [-0.15, -0.1) is 0 Å². The summed E-state index contributed by atoms with van der Waals surface area (Å²) in [6.07, 6.45) is 3.49. The predicted octanol–water partition coefficient (Wildman–Crippen LogP) is 3.94. The van der Waals surface area contributed by atoms with Crippen LogP contribution in [-0.4, -0.2) is 19.4 Å². The Labute approximate surface area is 137 Å². The van der Waals surface area contributed by atoms with E-state index in [9.17, 15) is 4.79 Å². The van der Waals surface area contributed by atoms with E-state index >= 15 is 0 Å². The number of hydrogen-bond acceptors (Lipinski definition) is 3. The second-order valence-corrected chi connectivity index (χ2v) is 6.01. The van der Waals surface area contributed by atoms with Crippen LogP contribution in [0.2, 0.25) is 0 Å². The molecule has 3 heteroatoms. The molecule has 0 bridgehead atoms. The minimum absolute atomic E-state index is 0.0148. The molecule has 0 saturated heterocycles. The van der Waals surface area contributed by atoms with Crippen molar-refractivity contribution in [1.29, 1.82) is 0 Å². The van der Waals surface area contributed by atoms with Gasteiger partial charge < -0.3 is 10.1 Å². The zero-order valence-corrected chi connectivity index (χ0v) is 13.5. The lowest BCUT2D eigenvalue weighted by Crippen LogP contribution is -2.17. The number of carbonyl (C=O) groups excluding carboxylic acids is 1. The molecule has 0 fully saturated rings. The van der Waals surface area contributed by atoms with E-state index in [1.165, 1.54) is 5.56 Å². The van der Waals surface area contributed by atoms with E-state index in [1.54, 1.807) is 0 Å². The van der Waals surface area contributed by atoms with Gasteiger partial charge in [-0.2, -0.15) is 0 Å². The van der Waals surface area contributed by atoms with Gasteiger partial charge in [-0.3, -0.25) is 4.79 Å². The van der Waals surface area contributed by atoms with Crippen molar-refractivity contribution in [1.82, 2.24) is 5.32 Å². The Kier molecular flexibility index (Phi) is 5.09. The van der Waals surface area contributed by atoms with Gasteiger partial charge in [-0.05, 0) is 55.8 Å². The van der Waals surface area contributed by atoms with Crippen LogP contribution in [-0.2, 0) is 6.42 Å². The Hall–Kier alpha value is -2.13. The second-order valence-electron chi connectivity index (χ2n) is 6.01. The topological polar surface area (TPSA) is 38.3 Å². The van der Waals surface area contributed by atoms with Crippen molar-refractivity contribution in [2.45, 2.75) is 31.8 Å². The van der Waals surface area contributed by atoms with Gasteiger partial charge in [0.2, 0.25) is 0 Å². The zero-order valence-electron chi connectivity index (χ0n) is 13.5. The highest BCUT2D eigenvalue weighted by atomic mass is 16.5. The first-order chi connectivity index (χ1) is 11.3. The van der Waals surface area contributed by atoms with Crippen LogP contribution in [0, 0.1) is 0 Å². The highest BCUT2D eigenvalue weighted by molar-refractivity contribution is 5.98. The fraction of sp³-hybridized carbons (Fsp3) is 0.350. The van der Waals surface area contributed by atoms with Crippen LogP contribution in [0.1, 0.15) is 46.9 Å². The Balaban J connectivity index is 1.81. The van der Waals surface area contributed by atoms with Gasteiger partial charge >= 0.3 is 0 Å². The quantitative estimate of drug-likeness (QED) is 0.878. The molecule has 1 aliphatic carbocycles. The number of rotatable bonds is 6. The van der Waals surface area contributed by atoms with Crippen LogP contribution < -0.4 is 10.1 Å². The first-order valence-corrected chi connectivity index (χ1v) is 8.30. The molecule has 2 aromatic rings. The summed E-state index contributed by atoms with van der Waals surface area (Å²) in [4.78, 5) is 11.9. The average molecular weight is 309 g/mol. The molecule has 23 heavy (non-hydrogen) atoms. The first kappa shape index (κ1) is 15.8. The van der Waals surface area contributed by atoms with Crippen LogP contribution in [0.4, 0.5) is 0 Å². The summed E-state index contributed by atoms with van der Waals surface area (Å²) in [6.45, 7) is 0.892. The summed E-state index contributed by atoms with van der Waals surface area (Å²) in [7, 11) is 1.95. The number of fused-ring (bicyclic) bond motifs is 1. The summed E-state index contributed by atoms with van der Waals surface area (Å²) in [5.74, 6) is 1.11. The summed E-state index contributed by atoms with van der Waals surface area (Å²) in [6, 6.07) is 16.2. The van der Waals surface area contributed by atoms with Crippen molar-refractivity contribution in [3.05, 3.63) is 65.2 Å². The van der Waals surface area contributed by atoms with Gasteiger partial charge in [0.05, 0.1) is 0 Å². The van der Waals surface area contributed by atoms with Gasteiger partial charge in [-0.25, -0.2) is 0 Å². The standard InChI is InChI=1S/C20H23NO2/c1-21-13-12-20(15-6-3-2-4-7-15)23-17-10-11-18-16(14-17)8-5-9-19(18)22/h2-4,6-7,10-11,14,20-21H,5,8-9,12-13H2,1H3. The van der Waals surface area contributed by atoms with E-state index in [2.05, 4.69) is 17.4 Å². The maximum Gasteiger partial charge on any atom is 0.163 e. The Morgan fingerprint density at radius 1 is 1.13 bits per heavy atom. The molecule has 1 atom stereocenters. The maximum atomic E-state index is 11.9. The monoisotopic (exact) mass is 309 g/mol. The van der Waals surface area contributed by atoms with Crippen LogP contribution in [0.25, 0.3) is 0 Å². The van der Waals surface area contributed by atoms with Crippen LogP contribution in [0.5, 0.6) is 5.75 Å². The van der Waals surface area contributed by atoms with Crippen molar-refractivity contribution in [2.75, 3.05) is 13.6 Å². The summed E-state index contributed by atoms with van der Waals surface area (Å²) in [5.41, 5.74) is 3.17. The first-order valence-electron chi connectivity index (χ1n) is 8.30. The Bertz CT molecular complexity index is 667. The Morgan fingerprint density at radius 3 is 2.74 bits per heavy atom. The van der Waals surface area contributed by atoms with Gasteiger partial charge in [0.15, 0.2) is 5.78 Å². The van der Waals surface area contributed by atoms with Gasteiger partial charge in [0.1, 0.15) is 11.9 Å². The minimum atomic E-state index is 0.0148. The average Bonchev–Trinajstić information content (AvgIpc) is 2.59. The summed E-state index contributed by atoms with van der Waals surface area (Å²) in [5, 5.41) is 3.18. The maximum absolute atomic E-state index is 11.9. The molecule has 0 amide bonds. The van der Waals surface area contributed by atoms with Crippen molar-refractivity contribution in [3.8, 4) is 5.75 Å². The molecule has 0 heterocycles. The molecule has 0 saturated carbocycles. The second kappa shape index (κ2) is 7.42. The lowest BCUT2D eigenvalue weighted by molar-refractivity contribution is 0.0972. The molecule has 0 spiro atoms. The van der Waals surface area contributed by atoms with Crippen LogP contribution in [0.15, 0.2) is 48.5 Å². The largest absolute Gasteiger partial charge is 0.486 e. The number of ether oxygens (including phenoxy) is 1. The zero-order chi connectivity index (χ0) is 16.1. The highest BCUT2D eigenvalue weighted by Crippen LogP contribution is 2.29. The molecule has 0 radical (unpaired) electrons. The number of aryl methyl sites for hydroxylation is 1. The summed E-state index contributed by atoms with van der Waals surface area (Å²) >= 11 is 0. The summed E-state index contributed by atoms with van der Waals surface area (Å²) < 4.78 is 6.25. The number of hydrogen-bond donors (Lipinski definition) is 1. The molecule has 0 aliphatic heterocycles. The fourth-order valence-electron chi connectivity index (χ4n) is 3.10. The third-order valence-electron chi connectivity index (χ3n) is 4.33. The molecule has 3 rings (SSSR count). The van der Waals surface area contributed by atoms with E-state index in [-0.39, 0.29) is 11.9 Å². The molecule has 1 unspecified atom stereocenters. The van der Waals surface area contributed by atoms with Gasteiger partial charge in [-0.1, -0.05) is 30.3 Å². The minimum Gasteiger partial charge on any atom is -0.486 e. The lowest BCUT2D eigenvalue weighted by Gasteiger charge is -2.21. The third kappa shape index (κ3) is 3.80. The molecule has 120 valence electrons. The van der Waals surface area contributed by atoms with E-state index in [4.69, 9.17) is 4.74 Å². The van der Waals surface area contributed by atoms with Crippen molar-refractivity contribution < 1.29 is 9.53 Å².